The Morgan fingerprint density at radius 3 is 2.27 bits per heavy atom. The van der Waals surface area contributed by atoms with E-state index in [0.29, 0.717) is 0 Å². The molecule has 0 radical (unpaired) electrons. The van der Waals surface area contributed by atoms with Crippen LogP contribution in [0.2, 0.25) is 0 Å². The Morgan fingerprint density at radius 1 is 1.33 bits per heavy atom. The van der Waals surface area contributed by atoms with Crippen molar-refractivity contribution in [2.24, 2.45) is 5.73 Å². The molecule has 0 spiro atoms. The molecule has 0 aromatic heterocycles. The summed E-state index contributed by atoms with van der Waals surface area (Å²) in [7, 11) is 0. The van der Waals surface area contributed by atoms with Gasteiger partial charge >= 0.3 is 18.4 Å². The molecule has 0 fully saturated rings. The number of carbonyl (C=O) groups excluding carboxylic acids is 2. The number of hydrogen-bond acceptors (Lipinski definition) is 3. The second-order valence-corrected chi connectivity index (χ2v) is 2.58. The number of rotatable bonds is 5. The molecule has 0 heterocycles. The number of nitrogens with two attached hydrogens (primary N) is 1. The molecule has 0 aliphatic rings. The normalized spacial score (nSPS) is 11.5. The first kappa shape index (κ1) is 13.6. The van der Waals surface area contributed by atoms with E-state index in [-0.39, 0.29) is 0 Å². The Morgan fingerprint density at radius 2 is 1.87 bits per heavy atom. The lowest BCUT2D eigenvalue weighted by Gasteiger charge is -2.15. The minimum atomic E-state index is -4.22. The summed E-state index contributed by atoms with van der Waals surface area (Å²) >= 11 is 0. The highest BCUT2D eigenvalue weighted by Crippen LogP contribution is 2.21. The SMILES string of the molecule is NC(=O)NC(=O)CNCC(F)(F)C(F)F. The van der Waals surface area contributed by atoms with Crippen LogP contribution in [-0.2, 0) is 4.79 Å². The van der Waals surface area contributed by atoms with E-state index in [4.69, 9.17) is 0 Å². The summed E-state index contributed by atoms with van der Waals surface area (Å²) in [6.07, 6.45) is -3.82. The second-order valence-electron chi connectivity index (χ2n) is 2.58. The van der Waals surface area contributed by atoms with Gasteiger partial charge in [-0.3, -0.25) is 10.1 Å². The van der Waals surface area contributed by atoms with Crippen LogP contribution in [0, 0.1) is 0 Å². The molecule has 0 bridgehead atoms. The van der Waals surface area contributed by atoms with Gasteiger partial charge in [0, 0.05) is 0 Å². The number of carbonyl (C=O) groups is 2. The molecule has 0 atom stereocenters. The number of nitrogens with one attached hydrogen (secondary N) is 2. The molecule has 5 nitrogen and oxygen atoms in total. The molecule has 0 saturated carbocycles. The number of urea groups is 1. The highest BCUT2D eigenvalue weighted by Gasteiger charge is 2.40. The fraction of sp³-hybridized carbons (Fsp3) is 0.667. The lowest BCUT2D eigenvalue weighted by atomic mass is 10.3. The molecule has 9 heteroatoms. The van der Waals surface area contributed by atoms with Crippen molar-refractivity contribution < 1.29 is 27.2 Å². The maximum Gasteiger partial charge on any atom is 0.319 e. The molecule has 88 valence electrons. The number of alkyl halides is 4. The average Bonchev–Trinajstić information content (AvgIpc) is 2.01. The van der Waals surface area contributed by atoms with Gasteiger partial charge in [-0.05, 0) is 0 Å². The molecule has 0 rings (SSSR count). The van der Waals surface area contributed by atoms with Gasteiger partial charge in [0.1, 0.15) is 0 Å². The molecule has 4 N–H and O–H groups in total. The molecular formula is C6H9F4N3O2. The van der Waals surface area contributed by atoms with Crippen LogP contribution in [0.5, 0.6) is 0 Å². The Hall–Kier alpha value is -1.38. The van der Waals surface area contributed by atoms with Crippen LogP contribution in [0.3, 0.4) is 0 Å². The lowest BCUT2D eigenvalue weighted by molar-refractivity contribution is -0.128. The zero-order valence-corrected chi connectivity index (χ0v) is 7.40. The standard InChI is InChI=1S/C6H9F4N3O2/c7-4(8)6(9,10)2-12-1-3(14)13-5(11)15/h4,12H,1-2H2,(H3,11,13,14,15). The third-order valence-electron chi connectivity index (χ3n) is 1.23. The Balaban J connectivity index is 3.79. The predicted octanol–water partition coefficient (Wildman–Crippen LogP) is -0.329. The fourth-order valence-electron chi connectivity index (χ4n) is 0.601. The van der Waals surface area contributed by atoms with Gasteiger partial charge < -0.3 is 11.1 Å². The van der Waals surface area contributed by atoms with Crippen LogP contribution in [0.4, 0.5) is 22.4 Å². The van der Waals surface area contributed by atoms with E-state index in [0.717, 1.165) is 0 Å². The first-order valence-electron chi connectivity index (χ1n) is 3.71. The van der Waals surface area contributed by atoms with Gasteiger partial charge in [-0.1, -0.05) is 0 Å². The van der Waals surface area contributed by atoms with Gasteiger partial charge in [0.25, 0.3) is 0 Å². The van der Waals surface area contributed by atoms with Crippen LogP contribution < -0.4 is 16.4 Å². The topological polar surface area (TPSA) is 84.2 Å². The van der Waals surface area contributed by atoms with Crippen LogP contribution in [-0.4, -0.2) is 37.4 Å². The minimum absolute atomic E-state index is 0.703. The summed E-state index contributed by atoms with van der Waals surface area (Å²) in [6.45, 7) is -2.07. The quantitative estimate of drug-likeness (QED) is 0.566. The van der Waals surface area contributed by atoms with E-state index < -0.39 is 37.4 Å². The number of amides is 3. The molecule has 0 aromatic rings. The summed E-state index contributed by atoms with van der Waals surface area (Å²) in [4.78, 5) is 20.7. The van der Waals surface area contributed by atoms with Crippen molar-refractivity contribution in [1.29, 1.82) is 0 Å². The first-order chi connectivity index (χ1) is 6.75. The second kappa shape index (κ2) is 5.49. The molecule has 0 unspecified atom stereocenters. The molecule has 3 amide bonds. The van der Waals surface area contributed by atoms with Crippen molar-refractivity contribution in [1.82, 2.24) is 10.6 Å². The molecule has 0 aliphatic carbocycles. The Kier molecular flexibility index (Phi) is 4.98. The number of halogens is 4. The monoisotopic (exact) mass is 231 g/mol. The molecule has 0 aromatic carbocycles. The van der Waals surface area contributed by atoms with Crippen LogP contribution in [0.25, 0.3) is 0 Å². The Bertz CT molecular complexity index is 247. The van der Waals surface area contributed by atoms with Crippen LogP contribution >= 0.6 is 0 Å². The van der Waals surface area contributed by atoms with Crippen molar-refractivity contribution in [3.63, 3.8) is 0 Å². The third-order valence-corrected chi connectivity index (χ3v) is 1.23. The van der Waals surface area contributed by atoms with Crippen molar-refractivity contribution in [2.45, 2.75) is 12.3 Å². The summed E-state index contributed by atoms with van der Waals surface area (Å²) < 4.78 is 47.6. The lowest BCUT2D eigenvalue weighted by Crippen LogP contribution is -2.45. The van der Waals surface area contributed by atoms with Gasteiger partial charge in [0.15, 0.2) is 0 Å². The smallest absolute Gasteiger partial charge is 0.319 e. The van der Waals surface area contributed by atoms with Gasteiger partial charge in [0.2, 0.25) is 5.91 Å². The molecular weight excluding hydrogens is 222 g/mol. The highest BCUT2D eigenvalue weighted by molar-refractivity contribution is 5.94. The largest absolute Gasteiger partial charge is 0.351 e. The number of imide groups is 1. The average molecular weight is 231 g/mol. The zero-order chi connectivity index (χ0) is 12.1. The van der Waals surface area contributed by atoms with Crippen LogP contribution in [0.15, 0.2) is 0 Å². The molecule has 0 aliphatic heterocycles. The predicted molar refractivity (Wildman–Crippen MR) is 41.5 cm³/mol. The van der Waals surface area contributed by atoms with Gasteiger partial charge in [0.05, 0.1) is 13.1 Å². The minimum Gasteiger partial charge on any atom is -0.351 e. The van der Waals surface area contributed by atoms with Crippen molar-refractivity contribution in [3.05, 3.63) is 0 Å². The van der Waals surface area contributed by atoms with E-state index in [1.165, 1.54) is 0 Å². The van der Waals surface area contributed by atoms with E-state index in [1.54, 1.807) is 10.6 Å². The third kappa shape index (κ3) is 5.83. The molecule has 0 saturated heterocycles. The maximum atomic E-state index is 12.2. The van der Waals surface area contributed by atoms with Gasteiger partial charge in [-0.15, -0.1) is 0 Å². The summed E-state index contributed by atoms with van der Waals surface area (Å²) in [6, 6.07) is -1.15. The summed E-state index contributed by atoms with van der Waals surface area (Å²) in [5.74, 6) is -5.19. The van der Waals surface area contributed by atoms with Gasteiger partial charge in [-0.2, -0.15) is 8.78 Å². The van der Waals surface area contributed by atoms with E-state index in [1.807, 2.05) is 0 Å². The summed E-state index contributed by atoms with van der Waals surface area (Å²) in [5.41, 5.74) is 4.53. The van der Waals surface area contributed by atoms with Crippen molar-refractivity contribution in [2.75, 3.05) is 13.1 Å². The Labute approximate surface area is 82.0 Å². The number of primary amides is 1. The zero-order valence-electron chi connectivity index (χ0n) is 7.40. The first-order valence-corrected chi connectivity index (χ1v) is 3.71. The van der Waals surface area contributed by atoms with Crippen molar-refractivity contribution in [3.8, 4) is 0 Å². The maximum absolute atomic E-state index is 12.2. The van der Waals surface area contributed by atoms with E-state index >= 15 is 0 Å². The highest BCUT2D eigenvalue weighted by atomic mass is 19.3. The summed E-state index contributed by atoms with van der Waals surface area (Å²) in [5, 5.41) is 3.33. The van der Waals surface area contributed by atoms with Crippen molar-refractivity contribution >= 4 is 11.9 Å². The van der Waals surface area contributed by atoms with Gasteiger partial charge in [-0.25, -0.2) is 13.6 Å². The molecule has 15 heavy (non-hydrogen) atoms. The van der Waals surface area contributed by atoms with E-state index in [9.17, 15) is 27.2 Å². The van der Waals surface area contributed by atoms with Crippen LogP contribution in [0.1, 0.15) is 0 Å². The fourth-order valence-corrected chi connectivity index (χ4v) is 0.601. The number of hydrogen-bond donors (Lipinski definition) is 3. The van der Waals surface area contributed by atoms with E-state index in [2.05, 4.69) is 5.73 Å².